The highest BCUT2D eigenvalue weighted by atomic mass is 35.5. The van der Waals surface area contributed by atoms with E-state index in [4.69, 9.17) is 16.3 Å². The first-order chi connectivity index (χ1) is 9.58. The number of carbonyl (C=O) groups excluding carboxylic acids is 1. The molecule has 1 aromatic carbocycles. The molecule has 0 amide bonds. The van der Waals surface area contributed by atoms with E-state index in [-0.39, 0.29) is 22.0 Å². The van der Waals surface area contributed by atoms with Gasteiger partial charge in [0, 0.05) is 11.8 Å². The van der Waals surface area contributed by atoms with Crippen LogP contribution in [0.1, 0.15) is 10.4 Å². The van der Waals surface area contributed by atoms with Gasteiger partial charge in [0.15, 0.2) is 0 Å². The lowest BCUT2D eigenvalue weighted by Gasteiger charge is -2.13. The molecule has 1 heterocycles. The summed E-state index contributed by atoms with van der Waals surface area (Å²) in [6.45, 7) is 0. The van der Waals surface area contributed by atoms with Crippen LogP contribution in [0.5, 0.6) is 5.75 Å². The first-order valence-corrected chi connectivity index (χ1v) is 6.03. The summed E-state index contributed by atoms with van der Waals surface area (Å²) < 4.78 is 23.9. The van der Waals surface area contributed by atoms with E-state index >= 15 is 0 Å². The third-order valence-electron chi connectivity index (χ3n) is 2.73. The average Bonchev–Trinajstić information content (AvgIpc) is 2.47. The first-order valence-electron chi connectivity index (χ1n) is 5.65. The van der Waals surface area contributed by atoms with Gasteiger partial charge in [-0.3, -0.25) is 0 Å². The van der Waals surface area contributed by atoms with Crippen molar-refractivity contribution in [3.63, 3.8) is 0 Å². The van der Waals surface area contributed by atoms with Gasteiger partial charge in [0.1, 0.15) is 22.3 Å². The molecule has 6 heteroatoms. The molecule has 0 aliphatic carbocycles. The molecule has 0 saturated heterocycles. The Bertz CT molecular complexity index is 644. The van der Waals surface area contributed by atoms with Crippen molar-refractivity contribution < 1.29 is 18.7 Å². The zero-order valence-corrected chi connectivity index (χ0v) is 11.6. The van der Waals surface area contributed by atoms with Crippen molar-refractivity contribution in [1.29, 1.82) is 0 Å². The van der Waals surface area contributed by atoms with Gasteiger partial charge in [0.25, 0.3) is 0 Å². The fourth-order valence-electron chi connectivity index (χ4n) is 1.83. The maximum atomic E-state index is 14.1. The molecule has 0 atom stereocenters. The second-order valence-corrected chi connectivity index (χ2v) is 4.25. The number of aromatic nitrogens is 1. The van der Waals surface area contributed by atoms with E-state index in [0.29, 0.717) is 5.56 Å². The predicted molar refractivity (Wildman–Crippen MR) is 72.5 cm³/mol. The molecule has 0 aliphatic rings. The zero-order chi connectivity index (χ0) is 14.7. The van der Waals surface area contributed by atoms with E-state index in [0.717, 1.165) is 0 Å². The van der Waals surface area contributed by atoms with Crippen LogP contribution in [-0.4, -0.2) is 25.2 Å². The number of hydrogen-bond donors (Lipinski definition) is 0. The highest BCUT2D eigenvalue weighted by molar-refractivity contribution is 6.29. The molecular formula is C14H11ClFNO3. The molecule has 2 rings (SSSR count). The molecule has 0 aliphatic heterocycles. The van der Waals surface area contributed by atoms with Gasteiger partial charge in [0.2, 0.25) is 0 Å². The Morgan fingerprint density at radius 1 is 1.25 bits per heavy atom. The molecule has 104 valence electrons. The predicted octanol–water partition coefficient (Wildman–Crippen LogP) is 3.34. The van der Waals surface area contributed by atoms with Crippen LogP contribution in [0.3, 0.4) is 0 Å². The topological polar surface area (TPSA) is 48.4 Å². The summed E-state index contributed by atoms with van der Waals surface area (Å²) in [5, 5.41) is 0.289. The summed E-state index contributed by atoms with van der Waals surface area (Å²) in [5.74, 6) is -1.04. The van der Waals surface area contributed by atoms with Crippen molar-refractivity contribution in [2.75, 3.05) is 14.2 Å². The lowest BCUT2D eigenvalue weighted by Crippen LogP contribution is -2.06. The van der Waals surface area contributed by atoms with Gasteiger partial charge in [-0.05, 0) is 24.3 Å². The summed E-state index contributed by atoms with van der Waals surface area (Å²) >= 11 is 5.71. The van der Waals surface area contributed by atoms with E-state index < -0.39 is 11.8 Å². The number of hydrogen-bond acceptors (Lipinski definition) is 4. The third kappa shape index (κ3) is 2.58. The van der Waals surface area contributed by atoms with Crippen LogP contribution in [0.15, 0.2) is 30.5 Å². The summed E-state index contributed by atoms with van der Waals surface area (Å²) in [6, 6.07) is 5.61. The number of halogens is 2. The second-order valence-electron chi connectivity index (χ2n) is 3.86. The second kappa shape index (κ2) is 5.88. The van der Waals surface area contributed by atoms with E-state index in [9.17, 15) is 9.18 Å². The van der Waals surface area contributed by atoms with Crippen molar-refractivity contribution in [2.45, 2.75) is 0 Å². The van der Waals surface area contributed by atoms with Crippen LogP contribution >= 0.6 is 11.6 Å². The highest BCUT2D eigenvalue weighted by Crippen LogP contribution is 2.35. The van der Waals surface area contributed by atoms with E-state index in [1.807, 2.05) is 0 Å². The van der Waals surface area contributed by atoms with Gasteiger partial charge in [-0.15, -0.1) is 0 Å². The van der Waals surface area contributed by atoms with Crippen molar-refractivity contribution in [3.8, 4) is 16.9 Å². The summed E-state index contributed by atoms with van der Waals surface area (Å²) in [4.78, 5) is 15.6. The van der Waals surface area contributed by atoms with Crippen molar-refractivity contribution in [3.05, 3.63) is 47.0 Å². The monoisotopic (exact) mass is 295 g/mol. The van der Waals surface area contributed by atoms with Crippen LogP contribution < -0.4 is 4.74 Å². The Morgan fingerprint density at radius 2 is 2.00 bits per heavy atom. The minimum atomic E-state index is -0.606. The van der Waals surface area contributed by atoms with Crippen molar-refractivity contribution in [1.82, 2.24) is 4.98 Å². The van der Waals surface area contributed by atoms with E-state index in [1.165, 1.54) is 38.6 Å². The number of rotatable bonds is 3. The van der Waals surface area contributed by atoms with Crippen LogP contribution in [0.2, 0.25) is 5.15 Å². The maximum absolute atomic E-state index is 14.1. The molecule has 1 aromatic heterocycles. The Hall–Kier alpha value is -2.14. The lowest BCUT2D eigenvalue weighted by atomic mass is 10.0. The number of esters is 1. The largest absolute Gasteiger partial charge is 0.495 e. The molecule has 0 bridgehead atoms. The maximum Gasteiger partial charge on any atom is 0.341 e. The molecule has 0 radical (unpaired) electrons. The Kier molecular flexibility index (Phi) is 4.20. The number of nitrogens with zero attached hydrogens (tertiary/aromatic N) is 1. The molecule has 0 spiro atoms. The standard InChI is InChI=1S/C14H11ClFNO3/c1-19-13-9(14(18)20-2)4-5-10(16)12(13)8-3-6-11(15)17-7-8/h3-7H,1-2H3. The molecule has 0 saturated carbocycles. The van der Waals surface area contributed by atoms with Crippen LogP contribution in [0, 0.1) is 5.82 Å². The van der Waals surface area contributed by atoms with Gasteiger partial charge in [-0.25, -0.2) is 14.2 Å². The van der Waals surface area contributed by atoms with Gasteiger partial charge in [-0.2, -0.15) is 0 Å². The molecule has 2 aromatic rings. The van der Waals surface area contributed by atoms with E-state index in [1.54, 1.807) is 6.07 Å². The third-order valence-corrected chi connectivity index (χ3v) is 2.96. The molecule has 0 unspecified atom stereocenters. The normalized spacial score (nSPS) is 10.2. The molecule has 4 nitrogen and oxygen atoms in total. The van der Waals surface area contributed by atoms with Gasteiger partial charge in [-0.1, -0.05) is 11.6 Å². The highest BCUT2D eigenvalue weighted by Gasteiger charge is 2.21. The lowest BCUT2D eigenvalue weighted by molar-refractivity contribution is 0.0597. The van der Waals surface area contributed by atoms with Crippen LogP contribution in [0.25, 0.3) is 11.1 Å². The SMILES string of the molecule is COC(=O)c1ccc(F)c(-c2ccc(Cl)nc2)c1OC. The molecular weight excluding hydrogens is 285 g/mol. The number of pyridine rings is 1. The summed E-state index contributed by atoms with van der Waals surface area (Å²) in [6.07, 6.45) is 1.41. The van der Waals surface area contributed by atoms with Crippen molar-refractivity contribution >= 4 is 17.6 Å². The smallest absolute Gasteiger partial charge is 0.341 e. The van der Waals surface area contributed by atoms with Gasteiger partial charge >= 0.3 is 5.97 Å². The molecule has 20 heavy (non-hydrogen) atoms. The van der Waals surface area contributed by atoms with Crippen LogP contribution in [-0.2, 0) is 4.74 Å². The van der Waals surface area contributed by atoms with Gasteiger partial charge in [0.05, 0.1) is 19.8 Å². The number of ether oxygens (including phenoxy) is 2. The summed E-state index contributed by atoms with van der Waals surface area (Å²) in [7, 11) is 2.60. The minimum absolute atomic E-state index is 0.0981. The Balaban J connectivity index is 2.67. The number of benzene rings is 1. The van der Waals surface area contributed by atoms with Gasteiger partial charge < -0.3 is 9.47 Å². The fourth-order valence-corrected chi connectivity index (χ4v) is 1.95. The Labute approximate surface area is 120 Å². The molecule has 0 fully saturated rings. The Morgan fingerprint density at radius 3 is 2.55 bits per heavy atom. The first kappa shape index (κ1) is 14.3. The number of methoxy groups -OCH3 is 2. The average molecular weight is 296 g/mol. The number of carbonyl (C=O) groups is 1. The minimum Gasteiger partial charge on any atom is -0.495 e. The summed E-state index contributed by atoms with van der Waals surface area (Å²) in [5.41, 5.74) is 0.732. The molecule has 0 N–H and O–H groups in total. The van der Waals surface area contributed by atoms with Crippen molar-refractivity contribution in [2.24, 2.45) is 0 Å². The van der Waals surface area contributed by atoms with Crippen LogP contribution in [0.4, 0.5) is 4.39 Å². The zero-order valence-electron chi connectivity index (χ0n) is 10.8. The van der Waals surface area contributed by atoms with E-state index in [2.05, 4.69) is 9.72 Å². The quantitative estimate of drug-likeness (QED) is 0.644. The fraction of sp³-hybridized carbons (Fsp3) is 0.143.